The molecule has 84 heavy (non-hydrogen) atoms. The van der Waals surface area contributed by atoms with Crippen LogP contribution in [0.4, 0.5) is 0 Å². The van der Waals surface area contributed by atoms with Crippen molar-refractivity contribution in [3.8, 4) is 45.3 Å². The summed E-state index contributed by atoms with van der Waals surface area (Å²) in [7, 11) is 0. The lowest BCUT2D eigenvalue weighted by molar-refractivity contribution is -0.146. The summed E-state index contributed by atoms with van der Waals surface area (Å²) < 4.78 is 47.9. The summed E-state index contributed by atoms with van der Waals surface area (Å²) >= 11 is 0. The SMILES string of the molecule is CCOC(=O)COc1c2cc(C(C)(C)C)cc1-c1cc(C(C)(C)C)cc(c1OCC(=O)OCC)C1=CC(=O)C=C(C1=O)c1cc(C(C)(C)C)cc(c1OCC(=O)OCC)-c1cc(C(C)(C)C)cc(c1OCC(=O)OCC)C1=CC(=O)C=C2C1=O. The van der Waals surface area contributed by atoms with Crippen LogP contribution >= 0.6 is 0 Å². The van der Waals surface area contributed by atoms with E-state index in [4.69, 9.17) is 37.9 Å². The zero-order valence-electron chi connectivity index (χ0n) is 51.1. The molecule has 0 aliphatic heterocycles. The monoisotopic (exact) mass is 1150 g/mol. The van der Waals surface area contributed by atoms with E-state index < -0.39 is 95.1 Å². The molecule has 0 saturated heterocycles. The predicted octanol–water partition coefficient (Wildman–Crippen LogP) is 11.5. The quantitative estimate of drug-likeness (QED) is 0.0580. The summed E-state index contributed by atoms with van der Waals surface area (Å²) in [6.45, 7) is 27.2. The highest BCUT2D eigenvalue weighted by Gasteiger charge is 2.39. The topological polar surface area (TPSA) is 210 Å². The average molecular weight is 1150 g/mol. The van der Waals surface area contributed by atoms with Gasteiger partial charge in [-0.2, -0.15) is 0 Å². The van der Waals surface area contributed by atoms with Crippen LogP contribution in [0.15, 0.2) is 72.8 Å². The minimum absolute atomic E-state index is 0.00855. The maximum absolute atomic E-state index is 16.2. The first-order valence-electron chi connectivity index (χ1n) is 28.2. The molecule has 0 N–H and O–H groups in total. The van der Waals surface area contributed by atoms with Crippen molar-refractivity contribution in [1.29, 1.82) is 0 Å². The van der Waals surface area contributed by atoms with Crippen LogP contribution in [0.3, 0.4) is 0 Å². The van der Waals surface area contributed by atoms with Crippen LogP contribution in [0.25, 0.3) is 44.5 Å². The van der Waals surface area contributed by atoms with Gasteiger partial charge in [-0.1, -0.05) is 83.1 Å². The number of hydrogen-bond donors (Lipinski definition) is 0. The molecule has 4 aromatic rings. The Bertz CT molecular complexity index is 3060. The molecule has 0 spiro atoms. The lowest BCUT2D eigenvalue weighted by Gasteiger charge is -2.30. The van der Waals surface area contributed by atoms with Gasteiger partial charge in [-0.15, -0.1) is 0 Å². The van der Waals surface area contributed by atoms with E-state index in [2.05, 4.69) is 0 Å². The molecule has 0 unspecified atom stereocenters. The highest BCUT2D eigenvalue weighted by molar-refractivity contribution is 6.50. The molecule has 0 radical (unpaired) electrons. The van der Waals surface area contributed by atoms with E-state index in [9.17, 15) is 28.8 Å². The zero-order valence-corrected chi connectivity index (χ0v) is 51.1. The van der Waals surface area contributed by atoms with Crippen molar-refractivity contribution in [3.63, 3.8) is 0 Å². The molecule has 3 aliphatic rings. The first-order valence-corrected chi connectivity index (χ1v) is 28.2. The maximum atomic E-state index is 16.2. The van der Waals surface area contributed by atoms with E-state index in [1.165, 1.54) is 24.3 Å². The van der Waals surface area contributed by atoms with E-state index in [1.54, 1.807) is 76.2 Å². The number of ketones is 4. The third-order valence-corrected chi connectivity index (χ3v) is 14.2. The fourth-order valence-corrected chi connectivity index (χ4v) is 9.81. The lowest BCUT2D eigenvalue weighted by atomic mass is 9.76. The summed E-state index contributed by atoms with van der Waals surface area (Å²) in [5.74, 6) is -5.99. The second kappa shape index (κ2) is 24.8. The van der Waals surface area contributed by atoms with Gasteiger partial charge >= 0.3 is 23.9 Å². The van der Waals surface area contributed by atoms with Crippen molar-refractivity contribution in [2.75, 3.05) is 52.9 Å². The number of rotatable bonds is 16. The maximum Gasteiger partial charge on any atom is 0.344 e. The molecule has 4 aromatic carbocycles. The molecule has 0 saturated carbocycles. The summed E-state index contributed by atoms with van der Waals surface area (Å²) in [6.07, 6.45) is 4.73. The average Bonchev–Trinajstić information content (AvgIpc) is 0.890. The van der Waals surface area contributed by atoms with Gasteiger partial charge in [0.15, 0.2) is 49.6 Å². The number of esters is 4. The van der Waals surface area contributed by atoms with E-state index in [0.29, 0.717) is 22.3 Å². The van der Waals surface area contributed by atoms with Gasteiger partial charge in [0, 0.05) is 66.8 Å². The molecule has 7 rings (SSSR count). The second-order valence-corrected chi connectivity index (χ2v) is 24.7. The molecule has 0 heterocycles. The number of fused-ring (bicyclic) bond motifs is 18. The van der Waals surface area contributed by atoms with Gasteiger partial charge in [0.05, 0.1) is 26.4 Å². The number of carbonyl (C=O) groups is 8. The predicted molar refractivity (Wildman–Crippen MR) is 319 cm³/mol. The summed E-state index contributed by atoms with van der Waals surface area (Å²) in [5.41, 5.74) is -0.0410. The summed E-state index contributed by atoms with van der Waals surface area (Å²) in [5, 5.41) is 0. The second-order valence-electron chi connectivity index (χ2n) is 24.7. The Balaban J connectivity index is 1.80. The molecular weight excluding hydrogens is 1070 g/mol. The van der Waals surface area contributed by atoms with Crippen LogP contribution in [0.2, 0.25) is 0 Å². The van der Waals surface area contributed by atoms with Gasteiger partial charge in [-0.25, -0.2) is 19.2 Å². The fraction of sp³-hybridized carbons (Fsp3) is 0.412. The lowest BCUT2D eigenvalue weighted by Crippen LogP contribution is -2.22. The zero-order chi connectivity index (χ0) is 62.0. The number of carbonyl (C=O) groups excluding carboxylic acids is 8. The standard InChI is InChI=1S/C68H76O16/c1-17-77-55(71)33-81-61-47-21-37(65(5,6)7)25-51(61)52-26-38(66(8,9)10)22-48(62(52)82-34-56(72)78-18-2)45-31-42(70)32-46(60(45)76)50-24-40(68(14,15)16)28-54(64(50)84-36-58(74)80-20-4)53-27-39(67(11,12)13)23-49(63(53)83-35-57(73)79-19-3)44-30-41(69)29-43(47)59(44)75/h21-32H,17-20,33-36H2,1-16H3. The smallest absolute Gasteiger partial charge is 0.344 e. The van der Waals surface area contributed by atoms with Gasteiger partial charge in [0.25, 0.3) is 0 Å². The van der Waals surface area contributed by atoms with Crippen LogP contribution in [0.1, 0.15) is 155 Å². The Labute approximate surface area is 491 Å². The van der Waals surface area contributed by atoms with Crippen LogP contribution in [0, 0.1) is 0 Å². The van der Waals surface area contributed by atoms with E-state index >= 15 is 9.59 Å². The van der Waals surface area contributed by atoms with Crippen molar-refractivity contribution in [3.05, 3.63) is 117 Å². The highest BCUT2D eigenvalue weighted by Crippen LogP contribution is 2.53. The molecule has 3 aliphatic carbocycles. The first kappa shape index (κ1) is 63.2. The van der Waals surface area contributed by atoms with Gasteiger partial charge < -0.3 is 37.9 Å². The van der Waals surface area contributed by atoms with E-state index in [0.717, 1.165) is 0 Å². The normalized spacial score (nSPS) is 14.2. The first-order chi connectivity index (χ1) is 39.3. The Kier molecular flexibility index (Phi) is 18.7. The van der Waals surface area contributed by atoms with Gasteiger partial charge in [0.1, 0.15) is 23.0 Å². The molecule has 0 atom stereocenters. The largest absolute Gasteiger partial charge is 0.481 e. The van der Waals surface area contributed by atoms with E-state index in [1.807, 2.05) is 83.1 Å². The molecule has 444 valence electrons. The van der Waals surface area contributed by atoms with Gasteiger partial charge in [-0.3, -0.25) is 19.2 Å². The Morgan fingerprint density at radius 1 is 0.310 bits per heavy atom. The molecule has 0 aromatic heterocycles. The molecule has 12 bridgehead atoms. The molecule has 0 fully saturated rings. The Hall–Kier alpha value is -8.40. The number of Topliss-reactive ketones (excluding diaryl/α,β-unsaturated/α-hetero) is 2. The van der Waals surface area contributed by atoms with Crippen molar-refractivity contribution >= 4 is 69.3 Å². The molecule has 0 amide bonds. The number of hydrogen-bond acceptors (Lipinski definition) is 16. The minimum atomic E-state index is -0.763. The fourth-order valence-electron chi connectivity index (χ4n) is 9.81. The van der Waals surface area contributed by atoms with Gasteiger partial charge in [0.2, 0.25) is 0 Å². The Morgan fingerprint density at radius 2 is 0.488 bits per heavy atom. The highest BCUT2D eigenvalue weighted by atomic mass is 16.6. The van der Waals surface area contributed by atoms with Crippen LogP contribution in [0.5, 0.6) is 23.0 Å². The summed E-state index contributed by atoms with van der Waals surface area (Å²) in [6, 6.07) is 14.0. The van der Waals surface area contributed by atoms with Crippen molar-refractivity contribution in [1.82, 2.24) is 0 Å². The van der Waals surface area contributed by atoms with Gasteiger partial charge in [-0.05, 0) is 144 Å². The van der Waals surface area contributed by atoms with Crippen LogP contribution in [-0.2, 0) is 79.0 Å². The van der Waals surface area contributed by atoms with Crippen molar-refractivity contribution in [2.24, 2.45) is 0 Å². The van der Waals surface area contributed by atoms with Crippen molar-refractivity contribution in [2.45, 2.75) is 132 Å². The molecule has 16 nitrogen and oxygen atoms in total. The third-order valence-electron chi connectivity index (χ3n) is 14.2. The third kappa shape index (κ3) is 13.8. The van der Waals surface area contributed by atoms with Crippen LogP contribution in [-0.4, -0.2) is 99.9 Å². The Morgan fingerprint density at radius 3 is 0.655 bits per heavy atom. The van der Waals surface area contributed by atoms with E-state index in [-0.39, 0.29) is 116 Å². The number of ether oxygens (including phenoxy) is 8. The minimum Gasteiger partial charge on any atom is -0.481 e. The summed E-state index contributed by atoms with van der Waals surface area (Å²) in [4.78, 5) is 116. The van der Waals surface area contributed by atoms with Crippen LogP contribution < -0.4 is 18.9 Å². The number of allylic oxidation sites excluding steroid dienone is 8. The molecule has 16 heteroatoms. The van der Waals surface area contributed by atoms with Crippen molar-refractivity contribution < 1.29 is 76.3 Å². The molecular formula is C68H76O16. The number of benzene rings is 4.